The summed E-state index contributed by atoms with van der Waals surface area (Å²) in [5.74, 6) is -405. The standard InChI is InChI=1S/C54H18F82O8/c1-9(137)143-11(5-15(55,56)17(59,60)19(63,64)21(67,68)23(71,72)25(75,76)27(79,80)29(83,84)31(87,88)33(91,92)35(95,96)37(99,100)39(103,104)41(107,108)43(111,112)45(115,116)47(119,120)49(123,124)51(127,128)53(131,132)133)7-141-13(139)3-4-14(140)142-8-12(144-10(2)138)6-16(57,58)18(61,62)20(65,66)22(69,70)24(73,74)26(77,78)28(81,82)30(85,86)32(89,90)34(93,94)36(97,98)38(101,102)40(105,106)42(109,110)44(113,114)46(117,118)48(121,122)50(125,126)52(129,130)54(134,135)136/h3-4,11-12H,5-8H2,1-2H3/b4-3-. The Morgan fingerprint density at radius 3 is 0.340 bits per heavy atom. The van der Waals surface area contributed by atoms with E-state index in [0.717, 1.165) is 0 Å². The Bertz CT molecular complexity index is 4310. The zero-order valence-electron chi connectivity index (χ0n) is 63.4. The average molecular weight is 2350 g/mol. The fraction of sp³-hybridized carbons (Fsp3) is 0.889. The lowest BCUT2D eigenvalue weighted by atomic mass is 9.81. The largest absolute Gasteiger partial charge is 0.460 e. The molecule has 0 bridgehead atoms. The highest BCUT2D eigenvalue weighted by atomic mass is 19.5. The maximum absolute atomic E-state index is 14.9. The second-order valence-electron chi connectivity index (χ2n) is 27.5. The molecular weight excluding hydrogens is 2330 g/mol. The number of hydrogen-bond acceptors (Lipinski definition) is 8. The van der Waals surface area contributed by atoms with E-state index in [4.69, 9.17) is 0 Å². The van der Waals surface area contributed by atoms with Crippen LogP contribution in [0, 0.1) is 0 Å². The lowest BCUT2D eigenvalue weighted by molar-refractivity contribution is -0.495. The summed E-state index contributed by atoms with van der Waals surface area (Å²) in [6.07, 6.45) is -37.0. The first kappa shape index (κ1) is 136. The van der Waals surface area contributed by atoms with Crippen molar-refractivity contribution in [1.29, 1.82) is 0 Å². The van der Waals surface area contributed by atoms with Crippen LogP contribution in [0.25, 0.3) is 0 Å². The third-order valence-electron chi connectivity index (χ3n) is 17.9. The van der Waals surface area contributed by atoms with Crippen LogP contribution < -0.4 is 0 Å². The molecule has 0 rings (SSSR count). The number of ether oxygens (including phenoxy) is 4. The van der Waals surface area contributed by atoms with E-state index in [1.54, 1.807) is 0 Å². The smallest absolute Gasteiger partial charge is 0.459 e. The molecule has 8 nitrogen and oxygen atoms in total. The average Bonchev–Trinajstić information content (AvgIpc) is 0.668. The van der Waals surface area contributed by atoms with Gasteiger partial charge in [-0.25, -0.2) is 9.59 Å². The summed E-state index contributed by atoms with van der Waals surface area (Å²) in [6, 6.07) is 0. The van der Waals surface area contributed by atoms with Crippen molar-refractivity contribution >= 4 is 23.9 Å². The molecule has 0 radical (unpaired) electrons. The first-order valence-electron chi connectivity index (χ1n) is 31.9. The molecule has 2 atom stereocenters. The third-order valence-corrected chi connectivity index (χ3v) is 17.9. The second-order valence-corrected chi connectivity index (χ2v) is 27.5. The van der Waals surface area contributed by atoms with Crippen LogP contribution in [0.3, 0.4) is 0 Å². The van der Waals surface area contributed by atoms with Crippen molar-refractivity contribution in [2.75, 3.05) is 13.2 Å². The summed E-state index contributed by atoms with van der Waals surface area (Å²) in [5, 5.41) is 0. The minimum absolute atomic E-state index is 0.439. The lowest BCUT2D eigenvalue weighted by Crippen LogP contribution is -2.80. The predicted octanol–water partition coefficient (Wildman–Crippen LogP) is 26.5. The van der Waals surface area contributed by atoms with Crippen molar-refractivity contribution < 1.29 is 398 Å². The van der Waals surface area contributed by atoms with Gasteiger partial charge in [-0.05, 0) is 0 Å². The maximum atomic E-state index is 14.9. The van der Waals surface area contributed by atoms with Gasteiger partial charge < -0.3 is 18.9 Å². The summed E-state index contributed by atoms with van der Waals surface area (Å²) in [5.41, 5.74) is 0. The van der Waals surface area contributed by atoms with E-state index in [0.29, 0.717) is 0 Å². The maximum Gasteiger partial charge on any atom is 0.460 e. The summed E-state index contributed by atoms with van der Waals surface area (Å²) in [7, 11) is 0. The number of carbonyl (C=O) groups is 4. The number of hydrogen-bond donors (Lipinski definition) is 0. The van der Waals surface area contributed by atoms with E-state index >= 15 is 0 Å². The molecule has 0 aromatic heterocycles. The van der Waals surface area contributed by atoms with Gasteiger partial charge in [0, 0.05) is 26.0 Å². The Morgan fingerprint density at radius 2 is 0.250 bits per heavy atom. The van der Waals surface area contributed by atoms with Gasteiger partial charge in [-0.2, -0.15) is 360 Å². The molecule has 0 amide bonds. The Balaban J connectivity index is 7.69. The number of carbonyl (C=O) groups excluding carboxylic acids is 4. The van der Waals surface area contributed by atoms with Crippen molar-refractivity contribution in [2.45, 2.75) is 276 Å². The van der Waals surface area contributed by atoms with E-state index < -0.39 is 326 Å². The van der Waals surface area contributed by atoms with Gasteiger partial charge in [-0.3, -0.25) is 9.59 Å². The molecule has 0 aromatic rings. The van der Waals surface area contributed by atoms with Crippen LogP contribution in [0.1, 0.15) is 26.7 Å². The van der Waals surface area contributed by atoms with Gasteiger partial charge in [0.2, 0.25) is 0 Å². The summed E-state index contributed by atoms with van der Waals surface area (Å²) >= 11 is 0. The first-order chi connectivity index (χ1) is 61.1. The molecule has 2 unspecified atom stereocenters. The van der Waals surface area contributed by atoms with E-state index in [1.165, 1.54) is 0 Å². The summed E-state index contributed by atoms with van der Waals surface area (Å²) in [6.45, 7) is -7.02. The Morgan fingerprint density at radius 1 is 0.160 bits per heavy atom. The zero-order valence-corrected chi connectivity index (χ0v) is 63.4. The van der Waals surface area contributed by atoms with Crippen LogP contribution in [0.5, 0.6) is 0 Å². The topological polar surface area (TPSA) is 105 Å². The van der Waals surface area contributed by atoms with Gasteiger partial charge in [-0.15, -0.1) is 0 Å². The minimum Gasteiger partial charge on any atom is -0.459 e. The monoisotopic (exact) mass is 2350 g/mol. The van der Waals surface area contributed by atoms with Crippen LogP contribution in [-0.4, -0.2) is 287 Å². The van der Waals surface area contributed by atoms with Crippen molar-refractivity contribution in [3.05, 3.63) is 12.2 Å². The van der Waals surface area contributed by atoms with E-state index in [2.05, 4.69) is 18.9 Å². The fourth-order valence-corrected chi connectivity index (χ4v) is 9.27. The molecule has 0 aliphatic heterocycles. The molecule has 90 heteroatoms. The molecule has 0 spiro atoms. The Kier molecular flexibility index (Phi) is 33.8. The highest BCUT2D eigenvalue weighted by Crippen LogP contribution is 2.77. The molecule has 144 heavy (non-hydrogen) atoms. The second kappa shape index (κ2) is 35.8. The zero-order chi connectivity index (χ0) is 119. The fourth-order valence-electron chi connectivity index (χ4n) is 9.27. The van der Waals surface area contributed by atoms with E-state index in [9.17, 15) is 379 Å². The van der Waals surface area contributed by atoms with E-state index in [1.807, 2.05) is 0 Å². The normalized spacial score (nSPS) is 17.2. The molecule has 856 valence electrons. The molecule has 0 heterocycles. The summed E-state index contributed by atoms with van der Waals surface area (Å²) in [4.78, 5) is 46.9. The van der Waals surface area contributed by atoms with Crippen molar-refractivity contribution in [2.24, 2.45) is 0 Å². The van der Waals surface area contributed by atoms with E-state index in [-0.39, 0.29) is 0 Å². The van der Waals surface area contributed by atoms with Gasteiger partial charge in [-0.1, -0.05) is 0 Å². The number of esters is 4. The Hall–Kier alpha value is -8.12. The highest BCUT2D eigenvalue weighted by Gasteiger charge is 3.08. The number of alkyl halides is 82. The predicted molar refractivity (Wildman–Crippen MR) is 271 cm³/mol. The van der Waals surface area contributed by atoms with Crippen molar-refractivity contribution in [3.63, 3.8) is 0 Å². The SMILES string of the molecule is CC(=O)OC(COC(=O)/C=C\C(=O)OCC(CC(F)(F)C(F)(F)C(F)(F)C(F)(F)C(F)(F)C(F)(F)C(F)(F)C(F)(F)C(F)(F)C(F)(F)C(F)(F)C(F)(F)C(F)(F)C(F)(F)C(F)(F)C(F)(F)C(F)(F)C(F)(F)C(F)(F)C(F)(F)F)OC(C)=O)CC(F)(F)C(F)(F)C(F)(F)C(F)(F)C(F)(F)C(F)(F)C(F)(F)C(F)(F)C(F)(F)C(F)(F)C(F)(F)C(F)(F)C(F)(F)C(F)(F)C(F)(F)C(F)(F)C(F)(F)C(F)(F)C(F)(F)C(F)(F)F. The van der Waals surface area contributed by atoms with Crippen molar-refractivity contribution in [3.8, 4) is 0 Å². The van der Waals surface area contributed by atoms with Gasteiger partial charge in [0.1, 0.15) is 25.4 Å². The van der Waals surface area contributed by atoms with Gasteiger partial charge in [0.15, 0.2) is 0 Å². The van der Waals surface area contributed by atoms with Crippen LogP contribution in [0.4, 0.5) is 360 Å². The van der Waals surface area contributed by atoms with Gasteiger partial charge in [0.05, 0.1) is 12.8 Å². The third kappa shape index (κ3) is 17.6. The molecule has 0 N–H and O–H groups in total. The first-order valence-corrected chi connectivity index (χ1v) is 31.9. The molecule has 0 saturated carbocycles. The van der Waals surface area contributed by atoms with Crippen molar-refractivity contribution in [1.82, 2.24) is 0 Å². The Labute approximate surface area is 724 Å². The molecule has 0 fully saturated rings. The minimum atomic E-state index is -11.0. The highest BCUT2D eigenvalue weighted by molar-refractivity contribution is 5.91. The molecule has 0 aliphatic rings. The van der Waals surface area contributed by atoms with Gasteiger partial charge in [0.25, 0.3) is 0 Å². The molecule has 0 aromatic carbocycles. The molecule has 0 aliphatic carbocycles. The van der Waals surface area contributed by atoms with Crippen LogP contribution in [0.2, 0.25) is 0 Å². The van der Waals surface area contributed by atoms with Crippen LogP contribution in [0.15, 0.2) is 12.2 Å². The van der Waals surface area contributed by atoms with Gasteiger partial charge >= 0.3 is 261 Å². The number of halogens is 82. The van der Waals surface area contributed by atoms with Crippen LogP contribution in [-0.2, 0) is 38.1 Å². The molecule has 0 saturated heterocycles. The van der Waals surface area contributed by atoms with Crippen LogP contribution >= 0.6 is 0 Å². The molecular formula is C54H18F82O8. The quantitative estimate of drug-likeness (QED) is 0.0257. The lowest BCUT2D eigenvalue weighted by Gasteiger charge is -2.47. The number of rotatable bonds is 48. The summed E-state index contributed by atoms with van der Waals surface area (Å²) < 4.78 is 1170.